The molecule has 0 aromatic rings. The minimum absolute atomic E-state index is 0.0945. The maximum absolute atomic E-state index is 11.8. The van der Waals surface area contributed by atoms with E-state index >= 15 is 0 Å². The first-order valence-corrected chi connectivity index (χ1v) is 12.7. The predicted octanol–water partition coefficient (Wildman–Crippen LogP) is 0.756. The molecule has 0 aliphatic carbocycles. The van der Waals surface area contributed by atoms with Crippen LogP contribution in [-0.4, -0.2) is 58.9 Å². The average Bonchev–Trinajstić information content (AvgIpc) is 2.89. The van der Waals surface area contributed by atoms with Crippen LogP contribution in [0.5, 0.6) is 0 Å². The van der Waals surface area contributed by atoms with Crippen molar-refractivity contribution in [3.8, 4) is 12.0 Å². The summed E-state index contributed by atoms with van der Waals surface area (Å²) in [7, 11) is -8.10. The Labute approximate surface area is 176 Å². The van der Waals surface area contributed by atoms with Gasteiger partial charge < -0.3 is 19.8 Å². The van der Waals surface area contributed by atoms with Gasteiger partial charge in [-0.15, -0.1) is 4.89 Å². The molecule has 2 radical (unpaired) electrons. The van der Waals surface area contributed by atoms with E-state index in [0.29, 0.717) is 6.42 Å². The molecule has 0 aromatic heterocycles. The lowest BCUT2D eigenvalue weighted by Crippen LogP contribution is -2.34. The van der Waals surface area contributed by atoms with E-state index in [9.17, 15) is 23.4 Å². The Balaban J connectivity index is 2.64. The van der Waals surface area contributed by atoms with Crippen LogP contribution in [0.25, 0.3) is 0 Å². The summed E-state index contributed by atoms with van der Waals surface area (Å²) >= 11 is 0. The number of carbonyl (C=O) groups is 1. The van der Waals surface area contributed by atoms with E-state index in [1.165, 1.54) is 0 Å². The lowest BCUT2D eigenvalue weighted by atomic mass is 9.92. The summed E-state index contributed by atoms with van der Waals surface area (Å²) in [5, 5.41) is 2.56. The number of hydrogen-bond acceptors (Lipinski definition) is 9. The monoisotopic (exact) mass is 487 g/mol. The molecule has 1 fully saturated rings. The molecule has 30 heavy (non-hydrogen) atoms. The molecule has 168 valence electrons. The summed E-state index contributed by atoms with van der Waals surface area (Å²) < 4.78 is 51.5. The molecule has 1 heterocycles. The molecule has 7 atom stereocenters. The molecule has 1 rings (SSSR count). The summed E-state index contributed by atoms with van der Waals surface area (Å²) in [6, 6.07) is 2.61. The number of amides is 1. The third-order valence-electron chi connectivity index (χ3n) is 4.14. The highest BCUT2D eigenvalue weighted by atomic mass is 31.3. The Kier molecular flexibility index (Phi) is 10.6. The molecule has 17 heteroatoms. The summed E-state index contributed by atoms with van der Waals surface area (Å²) in [5.74, 6) is 2.08. The average molecular weight is 487 g/mol. The SMILES string of the molecule is [B]N(C#CCNC(=O)CC)[C@@H]1O[C@H](COP(=O)(O)OP(=O)(O)O[P+](=O)O)C(C)[C@@H]1C. The number of nitrogens with one attached hydrogen (secondary N) is 1. The van der Waals surface area contributed by atoms with Crippen molar-refractivity contribution in [2.24, 2.45) is 11.8 Å². The van der Waals surface area contributed by atoms with Gasteiger partial charge in [-0.05, 0) is 16.3 Å². The van der Waals surface area contributed by atoms with Crippen molar-refractivity contribution in [2.45, 2.75) is 39.5 Å². The van der Waals surface area contributed by atoms with Crippen molar-refractivity contribution in [1.82, 2.24) is 10.1 Å². The number of ether oxygens (including phenoxy) is 1. The molecule has 1 aliphatic rings. The number of phosphoric acid groups is 2. The maximum Gasteiger partial charge on any atom is 0.705 e. The van der Waals surface area contributed by atoms with Crippen LogP contribution in [0.4, 0.5) is 0 Å². The van der Waals surface area contributed by atoms with E-state index in [2.05, 4.69) is 30.4 Å². The summed E-state index contributed by atoms with van der Waals surface area (Å²) in [4.78, 5) is 39.4. The Morgan fingerprint density at radius 2 is 1.93 bits per heavy atom. The highest BCUT2D eigenvalue weighted by molar-refractivity contribution is 7.64. The van der Waals surface area contributed by atoms with Gasteiger partial charge in [0.15, 0.2) is 0 Å². The van der Waals surface area contributed by atoms with Gasteiger partial charge in [0, 0.05) is 16.9 Å². The van der Waals surface area contributed by atoms with Gasteiger partial charge >= 0.3 is 23.9 Å². The lowest BCUT2D eigenvalue weighted by Gasteiger charge is -2.24. The van der Waals surface area contributed by atoms with E-state index in [4.69, 9.17) is 22.5 Å². The molecule has 0 spiro atoms. The molecule has 0 aromatic carbocycles. The van der Waals surface area contributed by atoms with Crippen molar-refractivity contribution in [1.29, 1.82) is 0 Å². The summed E-state index contributed by atoms with van der Waals surface area (Å²) in [6.45, 7) is 4.85. The smallest absolute Gasteiger partial charge is 0.363 e. The van der Waals surface area contributed by atoms with E-state index in [1.807, 2.05) is 0 Å². The largest absolute Gasteiger partial charge is 0.705 e. The Morgan fingerprint density at radius 3 is 2.50 bits per heavy atom. The first-order chi connectivity index (χ1) is 13.8. The van der Waals surface area contributed by atoms with E-state index in [0.717, 1.165) is 4.81 Å². The maximum atomic E-state index is 11.8. The molecular formula is C13H23BN2O11P3+. The second kappa shape index (κ2) is 11.7. The van der Waals surface area contributed by atoms with Crippen molar-refractivity contribution < 1.29 is 51.1 Å². The Morgan fingerprint density at radius 1 is 1.30 bits per heavy atom. The number of rotatable bonds is 10. The molecule has 1 saturated heterocycles. The molecule has 4 N–H and O–H groups in total. The van der Waals surface area contributed by atoms with E-state index < -0.39 is 42.8 Å². The zero-order chi connectivity index (χ0) is 23.1. The zero-order valence-corrected chi connectivity index (χ0v) is 19.1. The van der Waals surface area contributed by atoms with Gasteiger partial charge in [0.1, 0.15) is 6.23 Å². The fourth-order valence-electron chi connectivity index (χ4n) is 2.42. The van der Waals surface area contributed by atoms with Crippen LogP contribution in [0.3, 0.4) is 0 Å². The third kappa shape index (κ3) is 9.12. The standard InChI is InChI=1S/C13H22BN2O11P3/c1-4-12(17)15-6-5-7-16(14)13-10(3)9(2)11(25-13)8-24-29(20,21)27-30(22,23)26-28(18)19/h9-11,13H,4,6,8H2,1-3H3,(H3-,15,17,18,19,20,21,22,23)/p+1/t9?,10-,11+,13+/m0/s1. The first kappa shape index (κ1) is 27.2. The van der Waals surface area contributed by atoms with Crippen LogP contribution in [0, 0.1) is 23.8 Å². The first-order valence-electron chi connectivity index (χ1n) is 8.60. The highest BCUT2D eigenvalue weighted by Gasteiger charge is 2.45. The molecule has 13 nitrogen and oxygen atoms in total. The van der Waals surface area contributed by atoms with Gasteiger partial charge in [0.25, 0.3) is 0 Å². The Hall–Kier alpha value is -0.825. The fraction of sp³-hybridized carbons (Fsp3) is 0.769. The van der Waals surface area contributed by atoms with E-state index in [1.54, 1.807) is 20.8 Å². The summed E-state index contributed by atoms with van der Waals surface area (Å²) in [5.41, 5.74) is 0. The van der Waals surface area contributed by atoms with Crippen molar-refractivity contribution in [3.05, 3.63) is 0 Å². The predicted molar refractivity (Wildman–Crippen MR) is 103 cm³/mol. The van der Waals surface area contributed by atoms with Gasteiger partial charge in [0.05, 0.1) is 19.3 Å². The number of carbonyl (C=O) groups excluding carboxylic acids is 1. The molecular weight excluding hydrogens is 464 g/mol. The topological polar surface area (TPSA) is 181 Å². The number of phosphoric ester groups is 1. The van der Waals surface area contributed by atoms with Gasteiger partial charge in [-0.2, -0.15) is 4.31 Å². The van der Waals surface area contributed by atoms with Gasteiger partial charge in [0.2, 0.25) is 13.9 Å². The summed E-state index contributed by atoms with van der Waals surface area (Å²) in [6.07, 6.45) is -1.13. The fourth-order valence-corrected chi connectivity index (χ4v) is 5.08. The van der Waals surface area contributed by atoms with Crippen LogP contribution < -0.4 is 5.32 Å². The van der Waals surface area contributed by atoms with Crippen molar-refractivity contribution >= 4 is 37.8 Å². The van der Waals surface area contributed by atoms with Crippen LogP contribution in [-0.2, 0) is 36.4 Å². The molecule has 0 saturated carbocycles. The molecule has 1 aliphatic heterocycles. The van der Waals surface area contributed by atoms with Crippen LogP contribution in [0.2, 0.25) is 0 Å². The van der Waals surface area contributed by atoms with Crippen LogP contribution in [0.1, 0.15) is 27.2 Å². The number of hydrogen-bond donors (Lipinski definition) is 4. The lowest BCUT2D eigenvalue weighted by molar-refractivity contribution is -0.120. The van der Waals surface area contributed by atoms with Gasteiger partial charge in [-0.3, -0.25) is 14.2 Å². The molecule has 4 unspecified atom stereocenters. The minimum Gasteiger partial charge on any atom is -0.363 e. The quantitative estimate of drug-likeness (QED) is 0.147. The van der Waals surface area contributed by atoms with Gasteiger partial charge in [-0.25, -0.2) is 9.13 Å². The number of nitrogens with zero attached hydrogens (tertiary/aromatic N) is 1. The minimum atomic E-state index is -5.30. The van der Waals surface area contributed by atoms with Crippen LogP contribution >= 0.6 is 23.9 Å². The zero-order valence-electron chi connectivity index (χ0n) is 16.4. The highest BCUT2D eigenvalue weighted by Crippen LogP contribution is 2.63. The second-order valence-corrected chi connectivity index (χ2v) is 10.2. The third-order valence-corrected chi connectivity index (χ3v) is 7.65. The van der Waals surface area contributed by atoms with Crippen LogP contribution in [0.15, 0.2) is 0 Å². The second-order valence-electron chi connectivity index (χ2n) is 6.24. The van der Waals surface area contributed by atoms with Crippen molar-refractivity contribution in [2.75, 3.05) is 13.2 Å². The van der Waals surface area contributed by atoms with Gasteiger partial charge in [-0.1, -0.05) is 26.7 Å². The molecule has 0 bridgehead atoms. The normalized spacial score (nSPS) is 27.9. The molecule has 1 amide bonds. The Bertz CT molecular complexity index is 788. The van der Waals surface area contributed by atoms with E-state index in [-0.39, 0.29) is 24.3 Å². The van der Waals surface area contributed by atoms with Crippen molar-refractivity contribution in [3.63, 3.8) is 0 Å².